The number of urea groups is 1. The molecule has 2 heterocycles. The molecule has 0 spiro atoms. The van der Waals surface area contributed by atoms with E-state index in [1.54, 1.807) is 14.2 Å². The van der Waals surface area contributed by atoms with E-state index in [1.807, 2.05) is 96.7 Å². The predicted molar refractivity (Wildman–Crippen MR) is 195 cm³/mol. The van der Waals surface area contributed by atoms with Crippen LogP contribution in [0.15, 0.2) is 97.1 Å². The molecule has 0 radical (unpaired) electrons. The largest absolute Gasteiger partial charge is 0.497 e. The molecule has 4 aromatic carbocycles. The Kier molecular flexibility index (Phi) is 11.6. The Hall–Kier alpha value is -4.51. The number of ether oxygens (including phenoxy) is 3. The molecule has 2 saturated heterocycles. The minimum absolute atomic E-state index is 0.00732. The number of carbonyl (C=O) groups excluding carboxylic acids is 2. The van der Waals surface area contributed by atoms with Crippen molar-refractivity contribution in [2.75, 3.05) is 20.0 Å². The molecule has 3 unspecified atom stereocenters. The SMILES string of the molecule is COc1ccc(C(OCc2cc(CO)cc(CNC(=O)CCCCC3SCC4NC(=O)NC43)c2)(c2ccccc2)c2ccc(OC)cc2)cc1. The van der Waals surface area contributed by atoms with Crippen LogP contribution in [0.25, 0.3) is 0 Å². The summed E-state index contributed by atoms with van der Waals surface area (Å²) < 4.78 is 18.0. The number of nitrogens with one attached hydrogen (secondary N) is 3. The van der Waals surface area contributed by atoms with Crippen molar-refractivity contribution < 1.29 is 28.9 Å². The molecule has 10 heteroatoms. The normalized spacial score (nSPS) is 18.2. The van der Waals surface area contributed by atoms with Gasteiger partial charge < -0.3 is 35.3 Å². The van der Waals surface area contributed by atoms with E-state index in [9.17, 15) is 14.7 Å². The monoisotopic (exact) mass is 695 g/mol. The summed E-state index contributed by atoms with van der Waals surface area (Å²) in [7, 11) is 3.30. The van der Waals surface area contributed by atoms with Gasteiger partial charge in [0.25, 0.3) is 0 Å². The second-order valence-electron chi connectivity index (χ2n) is 12.8. The number of hydrogen-bond donors (Lipinski definition) is 4. The van der Waals surface area contributed by atoms with E-state index in [0.717, 1.165) is 69.9 Å². The fourth-order valence-electron chi connectivity index (χ4n) is 6.95. The number of unbranched alkanes of at least 4 members (excludes halogenated alkanes) is 1. The molecule has 9 nitrogen and oxygen atoms in total. The average Bonchev–Trinajstić information content (AvgIpc) is 3.72. The number of thioether (sulfide) groups is 1. The highest BCUT2D eigenvalue weighted by Crippen LogP contribution is 2.42. The first-order valence-electron chi connectivity index (χ1n) is 17.1. The fraction of sp³-hybridized carbons (Fsp3) is 0.350. The van der Waals surface area contributed by atoms with Crippen LogP contribution in [0.1, 0.15) is 59.1 Å². The second kappa shape index (κ2) is 16.5. The quantitative estimate of drug-likeness (QED) is 0.0641. The topological polar surface area (TPSA) is 118 Å². The molecule has 4 aromatic rings. The van der Waals surface area contributed by atoms with Crippen LogP contribution >= 0.6 is 11.8 Å². The van der Waals surface area contributed by atoms with Gasteiger partial charge in [-0.2, -0.15) is 11.8 Å². The number of hydrogen-bond acceptors (Lipinski definition) is 7. The van der Waals surface area contributed by atoms with Crippen LogP contribution in [0.5, 0.6) is 11.5 Å². The third kappa shape index (κ3) is 8.09. The lowest BCUT2D eigenvalue weighted by Gasteiger charge is -2.36. The van der Waals surface area contributed by atoms with E-state index < -0.39 is 5.60 Å². The van der Waals surface area contributed by atoms with E-state index in [1.165, 1.54) is 0 Å². The maximum atomic E-state index is 12.8. The number of rotatable bonds is 16. The molecule has 0 bridgehead atoms. The average molecular weight is 696 g/mol. The first kappa shape index (κ1) is 35.3. The number of amides is 3. The summed E-state index contributed by atoms with van der Waals surface area (Å²) in [6, 6.07) is 32.1. The zero-order valence-electron chi connectivity index (χ0n) is 28.5. The van der Waals surface area contributed by atoms with Crippen molar-refractivity contribution in [1.29, 1.82) is 0 Å². The van der Waals surface area contributed by atoms with E-state index in [4.69, 9.17) is 14.2 Å². The Morgan fingerprint density at radius 2 is 1.46 bits per heavy atom. The van der Waals surface area contributed by atoms with Crippen molar-refractivity contribution in [2.24, 2.45) is 0 Å². The lowest BCUT2D eigenvalue weighted by Crippen LogP contribution is -2.36. The van der Waals surface area contributed by atoms with Crippen LogP contribution in [0, 0.1) is 0 Å². The number of aliphatic hydroxyl groups excluding tert-OH is 1. The van der Waals surface area contributed by atoms with Gasteiger partial charge in [0, 0.05) is 24.0 Å². The summed E-state index contributed by atoms with van der Waals surface area (Å²) in [5.41, 5.74) is 4.34. The number of benzene rings is 4. The Labute approximate surface area is 298 Å². The number of carbonyl (C=O) groups is 2. The minimum atomic E-state index is -0.985. The van der Waals surface area contributed by atoms with Crippen molar-refractivity contribution >= 4 is 23.7 Å². The summed E-state index contributed by atoms with van der Waals surface area (Å²) in [6.07, 6.45) is 3.13. The maximum absolute atomic E-state index is 12.8. The number of fused-ring (bicyclic) bond motifs is 1. The van der Waals surface area contributed by atoms with Crippen LogP contribution in [-0.4, -0.2) is 54.4 Å². The molecule has 2 fully saturated rings. The van der Waals surface area contributed by atoms with Gasteiger partial charge in [-0.25, -0.2) is 4.79 Å². The molecule has 3 amide bonds. The van der Waals surface area contributed by atoms with Gasteiger partial charge in [0.1, 0.15) is 17.1 Å². The molecule has 4 N–H and O–H groups in total. The number of methoxy groups -OCH3 is 2. The Balaban J connectivity index is 1.16. The van der Waals surface area contributed by atoms with Gasteiger partial charge in [0.05, 0.1) is 39.5 Å². The lowest BCUT2D eigenvalue weighted by atomic mass is 9.80. The third-order valence-corrected chi connectivity index (χ3v) is 11.0. The summed E-state index contributed by atoms with van der Waals surface area (Å²) in [4.78, 5) is 24.5. The molecule has 50 heavy (non-hydrogen) atoms. The van der Waals surface area contributed by atoms with Gasteiger partial charge in [0.15, 0.2) is 0 Å². The fourth-order valence-corrected chi connectivity index (χ4v) is 8.49. The molecule has 0 aliphatic carbocycles. The van der Waals surface area contributed by atoms with Crippen LogP contribution in [-0.2, 0) is 34.9 Å². The highest BCUT2D eigenvalue weighted by molar-refractivity contribution is 8.00. The van der Waals surface area contributed by atoms with Crippen molar-refractivity contribution in [1.82, 2.24) is 16.0 Å². The molecule has 2 aliphatic rings. The smallest absolute Gasteiger partial charge is 0.315 e. The van der Waals surface area contributed by atoms with Crippen LogP contribution in [0.2, 0.25) is 0 Å². The van der Waals surface area contributed by atoms with Gasteiger partial charge in [-0.3, -0.25) is 4.79 Å². The van der Waals surface area contributed by atoms with Crippen molar-refractivity contribution in [3.8, 4) is 11.5 Å². The molecule has 0 saturated carbocycles. The highest BCUT2D eigenvalue weighted by Gasteiger charge is 2.42. The summed E-state index contributed by atoms with van der Waals surface area (Å²) >= 11 is 1.89. The van der Waals surface area contributed by atoms with Gasteiger partial charge in [-0.15, -0.1) is 0 Å². The van der Waals surface area contributed by atoms with Gasteiger partial charge in [-0.05, 0) is 70.5 Å². The molecule has 3 atom stereocenters. The van der Waals surface area contributed by atoms with Crippen LogP contribution < -0.4 is 25.4 Å². The third-order valence-electron chi connectivity index (χ3n) is 9.49. The van der Waals surface area contributed by atoms with E-state index in [2.05, 4.69) is 28.1 Å². The first-order valence-corrected chi connectivity index (χ1v) is 18.1. The maximum Gasteiger partial charge on any atom is 0.315 e. The minimum Gasteiger partial charge on any atom is -0.497 e. The van der Waals surface area contributed by atoms with Crippen molar-refractivity contribution in [3.05, 3.63) is 130 Å². The van der Waals surface area contributed by atoms with Crippen molar-refractivity contribution in [3.63, 3.8) is 0 Å². The van der Waals surface area contributed by atoms with Crippen LogP contribution in [0.4, 0.5) is 4.79 Å². The Morgan fingerprint density at radius 3 is 2.10 bits per heavy atom. The second-order valence-corrected chi connectivity index (χ2v) is 14.0. The lowest BCUT2D eigenvalue weighted by molar-refractivity contribution is -0.121. The summed E-state index contributed by atoms with van der Waals surface area (Å²) in [5, 5.41) is 19.6. The molecule has 6 rings (SSSR count). The predicted octanol–water partition coefficient (Wildman–Crippen LogP) is 6.05. The highest BCUT2D eigenvalue weighted by atomic mass is 32.2. The van der Waals surface area contributed by atoms with E-state index >= 15 is 0 Å². The standard InChI is InChI=1S/C40H45N3O6S/c1-47-33-16-12-31(13-17-33)40(30-8-4-3-5-9-30,32-14-18-34(48-2)19-15-32)49-25-29-21-27(20-28(22-29)24-44)23-41-37(45)11-7-6-10-36-38-35(26-50-36)42-39(46)43-38/h3-5,8-9,12-22,35-36,38,44H,6-7,10-11,23-26H2,1-2H3,(H,41,45)(H2,42,43,46). The summed E-state index contributed by atoms with van der Waals surface area (Å²) in [6.45, 7) is 0.450. The van der Waals surface area contributed by atoms with Crippen molar-refractivity contribution in [2.45, 2.75) is 68.4 Å². The van der Waals surface area contributed by atoms with Crippen LogP contribution in [0.3, 0.4) is 0 Å². The Morgan fingerprint density at radius 1 is 0.840 bits per heavy atom. The first-order chi connectivity index (χ1) is 24.4. The summed E-state index contributed by atoms with van der Waals surface area (Å²) in [5.74, 6) is 2.42. The van der Waals surface area contributed by atoms with E-state index in [0.29, 0.717) is 18.2 Å². The van der Waals surface area contributed by atoms with Gasteiger partial charge >= 0.3 is 6.03 Å². The van der Waals surface area contributed by atoms with Gasteiger partial charge in [0.2, 0.25) is 5.91 Å². The van der Waals surface area contributed by atoms with E-state index in [-0.39, 0.29) is 37.2 Å². The molecular formula is C40H45N3O6S. The molecule has 262 valence electrons. The number of aliphatic hydroxyl groups is 1. The zero-order valence-corrected chi connectivity index (χ0v) is 29.3. The molecule has 0 aromatic heterocycles. The molecular weight excluding hydrogens is 651 g/mol. The van der Waals surface area contributed by atoms with Gasteiger partial charge in [-0.1, -0.05) is 79.2 Å². The molecule has 2 aliphatic heterocycles. The zero-order chi connectivity index (χ0) is 34.9. The Bertz CT molecular complexity index is 1690.